The summed E-state index contributed by atoms with van der Waals surface area (Å²) in [7, 11) is 0. The van der Waals surface area contributed by atoms with Crippen LogP contribution in [0.2, 0.25) is 0 Å². The van der Waals surface area contributed by atoms with Gasteiger partial charge in [0.25, 0.3) is 11.3 Å². The molecule has 9 nitrogen and oxygen atoms in total. The Balaban J connectivity index is 1.84. The van der Waals surface area contributed by atoms with E-state index in [0.717, 1.165) is 0 Å². The van der Waals surface area contributed by atoms with Gasteiger partial charge in [-0.2, -0.15) is 4.52 Å². The highest BCUT2D eigenvalue weighted by atomic mass is 32.2. The van der Waals surface area contributed by atoms with Gasteiger partial charge in [-0.25, -0.2) is 19.9 Å². The second-order valence-corrected chi connectivity index (χ2v) is 4.84. The first-order valence-electron chi connectivity index (χ1n) is 5.57. The van der Waals surface area contributed by atoms with Gasteiger partial charge >= 0.3 is 0 Å². The second-order valence-electron chi connectivity index (χ2n) is 3.90. The van der Waals surface area contributed by atoms with Crippen molar-refractivity contribution in [2.75, 3.05) is 11.5 Å². The van der Waals surface area contributed by atoms with Crippen molar-refractivity contribution in [3.8, 4) is 0 Å². The van der Waals surface area contributed by atoms with Gasteiger partial charge in [0.15, 0.2) is 5.16 Å². The monoisotopic (exact) mass is 290 g/mol. The molecule has 0 fully saturated rings. The lowest BCUT2D eigenvalue weighted by molar-refractivity contribution is 0.886. The Labute approximate surface area is 116 Å². The van der Waals surface area contributed by atoms with E-state index in [-0.39, 0.29) is 5.56 Å². The Bertz CT molecular complexity index is 805. The van der Waals surface area contributed by atoms with Crippen LogP contribution in [0, 0.1) is 0 Å². The van der Waals surface area contributed by atoms with E-state index in [9.17, 15) is 4.79 Å². The van der Waals surface area contributed by atoms with E-state index in [4.69, 9.17) is 11.5 Å². The van der Waals surface area contributed by atoms with Crippen LogP contribution in [-0.2, 0) is 5.75 Å². The molecule has 10 heteroatoms. The third kappa shape index (κ3) is 2.40. The number of nitrogen functional groups attached to an aromatic ring is 2. The zero-order chi connectivity index (χ0) is 14.1. The van der Waals surface area contributed by atoms with Crippen LogP contribution in [0.25, 0.3) is 5.78 Å². The number of hydrogen-bond acceptors (Lipinski definition) is 8. The third-order valence-electron chi connectivity index (χ3n) is 2.42. The Morgan fingerprint density at radius 3 is 2.70 bits per heavy atom. The SMILES string of the molecule is Nc1cc(N)nc(SCc2cc(=O)n3[nH]cnc3n2)n1. The van der Waals surface area contributed by atoms with Crippen molar-refractivity contribution >= 4 is 29.2 Å². The molecule has 102 valence electrons. The Kier molecular flexibility index (Phi) is 2.99. The van der Waals surface area contributed by atoms with Gasteiger partial charge in [0, 0.05) is 17.9 Å². The van der Waals surface area contributed by atoms with Crippen LogP contribution in [0.1, 0.15) is 5.69 Å². The molecule has 0 amide bonds. The van der Waals surface area contributed by atoms with Crippen molar-refractivity contribution in [1.29, 1.82) is 0 Å². The maximum absolute atomic E-state index is 11.8. The first-order chi connectivity index (χ1) is 9.61. The molecule has 0 spiro atoms. The van der Waals surface area contributed by atoms with Gasteiger partial charge in [-0.05, 0) is 0 Å². The van der Waals surface area contributed by atoms with E-state index < -0.39 is 0 Å². The topological polar surface area (TPSA) is 141 Å². The summed E-state index contributed by atoms with van der Waals surface area (Å²) < 4.78 is 1.25. The molecule has 0 aromatic carbocycles. The fourth-order valence-corrected chi connectivity index (χ4v) is 2.37. The van der Waals surface area contributed by atoms with Crippen molar-refractivity contribution < 1.29 is 0 Å². The van der Waals surface area contributed by atoms with E-state index in [2.05, 4.69) is 25.0 Å². The standard InChI is InChI=1S/C10H10N8OS/c11-6-2-7(12)17-10(16-6)20-3-5-1-8(19)18-9(15-5)13-4-14-18/h1-2,4H,3H2,(H,13,14,15)(H4,11,12,16,17). The normalized spacial score (nSPS) is 11.0. The summed E-state index contributed by atoms with van der Waals surface area (Å²) >= 11 is 1.29. The molecule has 0 unspecified atom stereocenters. The number of nitrogens with two attached hydrogens (primary N) is 2. The number of fused-ring (bicyclic) bond motifs is 1. The summed E-state index contributed by atoms with van der Waals surface area (Å²) in [5.41, 5.74) is 11.5. The van der Waals surface area contributed by atoms with Gasteiger partial charge in [-0.3, -0.25) is 9.89 Å². The molecule has 0 radical (unpaired) electrons. The van der Waals surface area contributed by atoms with E-state index in [0.29, 0.717) is 34.0 Å². The van der Waals surface area contributed by atoms with Crippen LogP contribution in [0.5, 0.6) is 0 Å². The molecular formula is C10H10N8OS. The fourth-order valence-electron chi connectivity index (χ4n) is 1.61. The quantitative estimate of drug-likeness (QED) is 0.439. The number of anilines is 2. The summed E-state index contributed by atoms with van der Waals surface area (Å²) in [6, 6.07) is 2.90. The molecule has 0 aliphatic rings. The van der Waals surface area contributed by atoms with Gasteiger partial charge in [0.2, 0.25) is 0 Å². The van der Waals surface area contributed by atoms with Crippen LogP contribution in [-0.4, -0.2) is 29.5 Å². The number of H-pyrrole nitrogens is 1. The average molecular weight is 290 g/mol. The van der Waals surface area contributed by atoms with Gasteiger partial charge in [-0.1, -0.05) is 11.8 Å². The van der Waals surface area contributed by atoms with Crippen LogP contribution in [0.4, 0.5) is 11.6 Å². The van der Waals surface area contributed by atoms with Crippen LogP contribution in [0.15, 0.2) is 28.4 Å². The molecule has 0 atom stereocenters. The summed E-state index contributed by atoms with van der Waals surface area (Å²) in [4.78, 5) is 28.0. The molecule has 5 N–H and O–H groups in total. The number of rotatable bonds is 3. The van der Waals surface area contributed by atoms with Crippen molar-refractivity contribution in [2.24, 2.45) is 0 Å². The first-order valence-corrected chi connectivity index (χ1v) is 6.55. The largest absolute Gasteiger partial charge is 0.383 e. The van der Waals surface area contributed by atoms with Gasteiger partial charge < -0.3 is 11.5 Å². The van der Waals surface area contributed by atoms with Gasteiger partial charge in [0.1, 0.15) is 18.0 Å². The maximum atomic E-state index is 11.8. The molecule has 0 aliphatic heterocycles. The van der Waals surface area contributed by atoms with E-state index in [1.54, 1.807) is 0 Å². The van der Waals surface area contributed by atoms with E-state index in [1.165, 1.54) is 34.7 Å². The van der Waals surface area contributed by atoms with E-state index in [1.807, 2.05) is 0 Å². The lowest BCUT2D eigenvalue weighted by atomic mass is 10.4. The zero-order valence-electron chi connectivity index (χ0n) is 10.1. The maximum Gasteiger partial charge on any atom is 0.274 e. The molecule has 0 saturated heterocycles. The molecule has 0 aliphatic carbocycles. The van der Waals surface area contributed by atoms with Gasteiger partial charge in [0.05, 0.1) is 5.69 Å². The number of aromatic nitrogens is 6. The summed E-state index contributed by atoms with van der Waals surface area (Å²) in [6.07, 6.45) is 1.41. The van der Waals surface area contributed by atoms with Crippen LogP contribution in [0.3, 0.4) is 0 Å². The zero-order valence-corrected chi connectivity index (χ0v) is 11.0. The summed E-state index contributed by atoms with van der Waals surface area (Å²) in [5, 5.41) is 3.11. The number of nitrogens with one attached hydrogen (secondary N) is 1. The highest BCUT2D eigenvalue weighted by molar-refractivity contribution is 7.98. The molecule has 3 rings (SSSR count). The minimum atomic E-state index is -0.226. The lowest BCUT2D eigenvalue weighted by Gasteiger charge is -2.02. The Morgan fingerprint density at radius 2 is 1.95 bits per heavy atom. The predicted molar refractivity (Wildman–Crippen MR) is 74.0 cm³/mol. The van der Waals surface area contributed by atoms with Crippen molar-refractivity contribution in [2.45, 2.75) is 10.9 Å². The summed E-state index contributed by atoms with van der Waals surface area (Å²) in [6.45, 7) is 0. The van der Waals surface area contributed by atoms with E-state index >= 15 is 0 Å². The van der Waals surface area contributed by atoms with Gasteiger partial charge in [-0.15, -0.1) is 0 Å². The molecular weight excluding hydrogens is 280 g/mol. The lowest BCUT2D eigenvalue weighted by Crippen LogP contribution is -2.15. The third-order valence-corrected chi connectivity index (χ3v) is 3.30. The number of aromatic amines is 1. The Morgan fingerprint density at radius 1 is 1.20 bits per heavy atom. The van der Waals surface area contributed by atoms with Crippen molar-refractivity contribution in [3.63, 3.8) is 0 Å². The number of hydrogen-bond donors (Lipinski definition) is 3. The molecule has 3 heterocycles. The second kappa shape index (κ2) is 4.81. The smallest absolute Gasteiger partial charge is 0.274 e. The average Bonchev–Trinajstić information content (AvgIpc) is 2.84. The summed E-state index contributed by atoms with van der Waals surface area (Å²) in [5.74, 6) is 1.34. The molecule has 0 bridgehead atoms. The van der Waals surface area contributed by atoms with Crippen molar-refractivity contribution in [1.82, 2.24) is 29.5 Å². The Hall–Kier alpha value is -2.62. The van der Waals surface area contributed by atoms with Crippen LogP contribution >= 0.6 is 11.8 Å². The highest BCUT2D eigenvalue weighted by Crippen LogP contribution is 2.19. The van der Waals surface area contributed by atoms with Crippen LogP contribution < -0.4 is 17.0 Å². The first kappa shape index (κ1) is 12.4. The van der Waals surface area contributed by atoms with Crippen molar-refractivity contribution in [3.05, 3.63) is 34.5 Å². The fraction of sp³-hybridized carbons (Fsp3) is 0.100. The molecule has 20 heavy (non-hydrogen) atoms. The minimum absolute atomic E-state index is 0.226. The molecule has 3 aromatic rings. The molecule has 3 aromatic heterocycles. The molecule has 0 saturated carbocycles. The number of nitrogens with zero attached hydrogens (tertiary/aromatic N) is 5. The number of thioether (sulfide) groups is 1. The predicted octanol–water partition coefficient (Wildman–Crippen LogP) is -0.336. The minimum Gasteiger partial charge on any atom is -0.383 e. The highest BCUT2D eigenvalue weighted by Gasteiger charge is 2.07.